The van der Waals surface area contributed by atoms with Gasteiger partial charge in [-0.25, -0.2) is 0 Å². The number of hydrogen-bond donors (Lipinski definition) is 2. The molecule has 2 aliphatic rings. The number of amides is 1. The van der Waals surface area contributed by atoms with E-state index in [-0.39, 0.29) is 12.5 Å². The van der Waals surface area contributed by atoms with Gasteiger partial charge in [0.15, 0.2) is 0 Å². The number of hydrogen-bond acceptors (Lipinski definition) is 4. The van der Waals surface area contributed by atoms with Gasteiger partial charge in [0.05, 0.1) is 17.2 Å². The van der Waals surface area contributed by atoms with Crippen molar-refractivity contribution in [2.75, 3.05) is 24.6 Å². The Balaban J connectivity index is 1.73. The van der Waals surface area contributed by atoms with Crippen LogP contribution in [0.1, 0.15) is 36.5 Å². The largest absolute Gasteiger partial charge is 0.491 e. The van der Waals surface area contributed by atoms with Gasteiger partial charge in [0.1, 0.15) is 0 Å². The molecule has 0 aliphatic carbocycles. The van der Waals surface area contributed by atoms with E-state index in [0.717, 1.165) is 18.8 Å². The summed E-state index contributed by atoms with van der Waals surface area (Å²) in [6.45, 7) is 7.98. The summed E-state index contributed by atoms with van der Waals surface area (Å²) in [5, 5.41) is 13.1. The first-order valence-corrected chi connectivity index (χ1v) is 9.59. The lowest BCUT2D eigenvalue weighted by Gasteiger charge is -2.29. The van der Waals surface area contributed by atoms with E-state index in [0.29, 0.717) is 27.3 Å². The van der Waals surface area contributed by atoms with E-state index in [1.807, 2.05) is 12.1 Å². The van der Waals surface area contributed by atoms with Crippen LogP contribution in [0, 0.1) is 0 Å². The molecule has 2 saturated heterocycles. The van der Waals surface area contributed by atoms with Crippen molar-refractivity contribution in [2.45, 2.75) is 26.2 Å². The molecule has 1 aromatic rings. The van der Waals surface area contributed by atoms with Crippen LogP contribution in [0.4, 0.5) is 5.69 Å². The smallest absolute Gasteiger partial charge is 0.423 e. The molecule has 2 aliphatic heterocycles. The lowest BCUT2D eigenvalue weighted by Crippen LogP contribution is -2.29. The summed E-state index contributed by atoms with van der Waals surface area (Å²) in [6, 6.07) is 5.55. The minimum absolute atomic E-state index is 0.279. The fourth-order valence-electron chi connectivity index (χ4n) is 3.30. The predicted molar refractivity (Wildman–Crippen MR) is 110 cm³/mol. The zero-order valence-corrected chi connectivity index (χ0v) is 16.3. The van der Waals surface area contributed by atoms with Gasteiger partial charge in [0, 0.05) is 24.5 Å². The maximum absolute atomic E-state index is 12.7. The van der Waals surface area contributed by atoms with E-state index < -0.39 is 7.12 Å². The van der Waals surface area contributed by atoms with Crippen molar-refractivity contribution in [1.29, 1.82) is 0 Å². The van der Waals surface area contributed by atoms with Crippen LogP contribution in [0.3, 0.4) is 0 Å². The number of benzene rings is 1. The van der Waals surface area contributed by atoms with Gasteiger partial charge in [0.2, 0.25) is 0 Å². The molecule has 3 rings (SSSR count). The summed E-state index contributed by atoms with van der Waals surface area (Å²) in [7, 11) is -1.02. The third-order valence-electron chi connectivity index (χ3n) is 4.89. The van der Waals surface area contributed by atoms with Crippen molar-refractivity contribution in [1.82, 2.24) is 5.32 Å². The topological polar surface area (TPSA) is 61.8 Å². The molecular weight excluding hydrogens is 362 g/mol. The van der Waals surface area contributed by atoms with E-state index in [1.165, 1.54) is 19.3 Å². The minimum Gasteiger partial charge on any atom is -0.423 e. The monoisotopic (exact) mass is 386 g/mol. The zero-order chi connectivity index (χ0) is 19.4. The van der Waals surface area contributed by atoms with Gasteiger partial charge in [0.25, 0.3) is 5.91 Å². The Morgan fingerprint density at radius 2 is 2.11 bits per heavy atom. The molecule has 0 bridgehead atoms. The first kappa shape index (κ1) is 19.7. The molecule has 0 unspecified atom stereocenters. The standard InChI is InChI=1S/C20H24BClN2O3/c1-3-15(11-18-14(2)13-27-21(18)26)23-20(25)17-8-7-16(12-19(17)22)24-9-5-4-6-10-24/h3,7-8,11-12,26H,2,4-6,9-10,13H2,1H3,(H,23,25). The Kier molecular flexibility index (Phi) is 6.42. The van der Waals surface area contributed by atoms with Crippen LogP contribution in [0.25, 0.3) is 0 Å². The first-order valence-electron chi connectivity index (χ1n) is 9.21. The summed E-state index contributed by atoms with van der Waals surface area (Å²) in [6.07, 6.45) is 7.05. The minimum atomic E-state index is -1.02. The summed E-state index contributed by atoms with van der Waals surface area (Å²) in [5.41, 5.74) is 3.27. The van der Waals surface area contributed by atoms with Crippen molar-refractivity contribution in [2.24, 2.45) is 0 Å². The molecule has 0 atom stereocenters. The van der Waals surface area contributed by atoms with Gasteiger partial charge in [-0.2, -0.15) is 0 Å². The third-order valence-corrected chi connectivity index (χ3v) is 5.20. The Labute approximate surface area is 165 Å². The van der Waals surface area contributed by atoms with Crippen LogP contribution >= 0.6 is 11.6 Å². The quantitative estimate of drug-likeness (QED) is 0.778. The van der Waals surface area contributed by atoms with Crippen LogP contribution in [0.5, 0.6) is 0 Å². The average Bonchev–Trinajstić information content (AvgIpc) is 2.99. The summed E-state index contributed by atoms with van der Waals surface area (Å²) in [5.74, 6) is -0.297. The Morgan fingerprint density at radius 3 is 2.70 bits per heavy atom. The summed E-state index contributed by atoms with van der Waals surface area (Å²) >= 11 is 6.39. The maximum Gasteiger partial charge on any atom is 0.491 e. The molecule has 2 fully saturated rings. The van der Waals surface area contributed by atoms with Gasteiger partial charge in [-0.3, -0.25) is 4.79 Å². The highest BCUT2D eigenvalue weighted by molar-refractivity contribution is 6.55. The van der Waals surface area contributed by atoms with Crippen molar-refractivity contribution in [3.05, 3.63) is 64.3 Å². The molecule has 0 aromatic heterocycles. The second kappa shape index (κ2) is 8.78. The average molecular weight is 387 g/mol. The number of carbonyl (C=O) groups is 1. The summed E-state index contributed by atoms with van der Waals surface area (Å²) < 4.78 is 5.12. The second-order valence-corrected chi connectivity index (χ2v) is 7.18. The molecule has 2 N–H and O–H groups in total. The molecule has 0 saturated carbocycles. The van der Waals surface area contributed by atoms with Crippen molar-refractivity contribution >= 4 is 30.3 Å². The fraction of sp³-hybridized carbons (Fsp3) is 0.350. The lowest BCUT2D eigenvalue weighted by molar-refractivity contribution is 0.0967. The highest BCUT2D eigenvalue weighted by atomic mass is 35.5. The van der Waals surface area contributed by atoms with E-state index in [2.05, 4.69) is 16.8 Å². The predicted octanol–water partition coefficient (Wildman–Crippen LogP) is 3.50. The molecule has 2 heterocycles. The van der Waals surface area contributed by atoms with Crippen LogP contribution in [0.2, 0.25) is 5.02 Å². The van der Waals surface area contributed by atoms with E-state index in [9.17, 15) is 9.82 Å². The molecule has 142 valence electrons. The van der Waals surface area contributed by atoms with Gasteiger partial charge in [-0.05, 0) is 61.5 Å². The SMILES string of the molecule is C=C1COB(O)C1=CC(=CC)NC(=O)c1ccc(N2CCCCC2)cc1Cl. The van der Waals surface area contributed by atoms with E-state index in [4.69, 9.17) is 16.3 Å². The van der Waals surface area contributed by atoms with Crippen LogP contribution < -0.4 is 10.2 Å². The molecule has 1 aromatic carbocycles. The number of nitrogens with one attached hydrogen (secondary N) is 1. The normalized spacial score (nSPS) is 19.7. The van der Waals surface area contributed by atoms with Crippen molar-refractivity contribution in [3.8, 4) is 0 Å². The number of rotatable bonds is 4. The Morgan fingerprint density at radius 1 is 1.37 bits per heavy atom. The highest BCUT2D eigenvalue weighted by Gasteiger charge is 2.29. The van der Waals surface area contributed by atoms with Crippen molar-refractivity contribution < 1.29 is 14.5 Å². The van der Waals surface area contributed by atoms with Gasteiger partial charge >= 0.3 is 7.12 Å². The van der Waals surface area contributed by atoms with Gasteiger partial charge in [-0.1, -0.05) is 24.3 Å². The van der Waals surface area contributed by atoms with Crippen LogP contribution in [-0.4, -0.2) is 37.7 Å². The maximum atomic E-state index is 12.7. The van der Waals surface area contributed by atoms with Crippen LogP contribution in [-0.2, 0) is 4.65 Å². The number of halogens is 1. The molecule has 5 nitrogen and oxygen atoms in total. The number of allylic oxidation sites excluding steroid dienone is 2. The highest BCUT2D eigenvalue weighted by Crippen LogP contribution is 2.26. The zero-order valence-electron chi connectivity index (χ0n) is 15.5. The Bertz CT molecular complexity index is 800. The molecule has 1 amide bonds. The molecular formula is C20H24BClN2O3. The molecule has 7 heteroatoms. The first-order chi connectivity index (χ1) is 13.0. The molecule has 27 heavy (non-hydrogen) atoms. The fourth-order valence-corrected chi connectivity index (χ4v) is 3.56. The number of nitrogens with zero attached hydrogens (tertiary/aromatic N) is 1. The van der Waals surface area contributed by atoms with Crippen molar-refractivity contribution in [3.63, 3.8) is 0 Å². The summed E-state index contributed by atoms with van der Waals surface area (Å²) in [4.78, 5) is 15.0. The van der Waals surface area contributed by atoms with Gasteiger partial charge in [-0.15, -0.1) is 0 Å². The van der Waals surface area contributed by atoms with E-state index in [1.54, 1.807) is 25.1 Å². The third kappa shape index (κ3) is 4.64. The number of piperidine rings is 1. The van der Waals surface area contributed by atoms with Gasteiger partial charge < -0.3 is 19.9 Å². The lowest BCUT2D eigenvalue weighted by atomic mass is 9.77. The molecule has 0 radical (unpaired) electrons. The second-order valence-electron chi connectivity index (χ2n) is 6.78. The molecule has 0 spiro atoms. The van der Waals surface area contributed by atoms with E-state index >= 15 is 0 Å². The van der Waals surface area contributed by atoms with Crippen LogP contribution in [0.15, 0.2) is 53.7 Å². The number of carbonyl (C=O) groups excluding carboxylic acids is 1. The number of anilines is 1. The Hall–Kier alpha value is -2.02.